The van der Waals surface area contributed by atoms with Crippen LogP contribution in [0.25, 0.3) is 0 Å². The van der Waals surface area contributed by atoms with Crippen molar-refractivity contribution in [2.24, 2.45) is 10.7 Å². The molecular formula is C22H30Cl2N6O3. The van der Waals surface area contributed by atoms with E-state index in [2.05, 4.69) is 26.8 Å². The smallest absolute Gasteiger partial charge is 0.410 e. The second-order valence-electron chi connectivity index (χ2n) is 8.74. The number of pyridine rings is 1. The number of ether oxygens (including phenoxy) is 2. The molecule has 3 N–H and O–H groups in total. The van der Waals surface area contributed by atoms with Gasteiger partial charge in [0.1, 0.15) is 17.4 Å². The van der Waals surface area contributed by atoms with Crippen molar-refractivity contribution in [1.29, 1.82) is 0 Å². The number of nitrogens with zero attached hydrogens (tertiary/aromatic N) is 4. The molecule has 2 aliphatic rings. The number of morpholine rings is 1. The summed E-state index contributed by atoms with van der Waals surface area (Å²) in [6.45, 7) is 12.2. The van der Waals surface area contributed by atoms with Gasteiger partial charge >= 0.3 is 6.09 Å². The average molecular weight is 497 g/mol. The molecule has 3 rings (SSSR count). The number of carbonyl (C=O) groups excluding carboxylic acids is 1. The number of hydrogen-bond donors (Lipinski definition) is 2. The molecular weight excluding hydrogens is 467 g/mol. The molecule has 0 atom stereocenters. The Balaban J connectivity index is 1.73. The summed E-state index contributed by atoms with van der Waals surface area (Å²) in [6.07, 6.45) is 2.48. The van der Waals surface area contributed by atoms with Gasteiger partial charge in [-0.3, -0.25) is 0 Å². The summed E-state index contributed by atoms with van der Waals surface area (Å²) in [5, 5.41) is 3.59. The van der Waals surface area contributed by atoms with Gasteiger partial charge in [-0.05, 0) is 45.7 Å². The molecule has 1 aromatic rings. The summed E-state index contributed by atoms with van der Waals surface area (Å²) in [4.78, 5) is 24.6. The topological polar surface area (TPSA) is 105 Å². The van der Waals surface area contributed by atoms with E-state index in [0.717, 1.165) is 12.8 Å². The van der Waals surface area contributed by atoms with E-state index >= 15 is 0 Å². The minimum atomic E-state index is -0.512. The molecule has 0 bridgehead atoms. The van der Waals surface area contributed by atoms with Gasteiger partial charge in [-0.1, -0.05) is 29.8 Å². The van der Waals surface area contributed by atoms with Crippen molar-refractivity contribution >= 4 is 41.3 Å². The monoisotopic (exact) mass is 496 g/mol. The highest BCUT2D eigenvalue weighted by Gasteiger charge is 2.33. The van der Waals surface area contributed by atoms with E-state index in [0.29, 0.717) is 49.2 Å². The van der Waals surface area contributed by atoms with Crippen LogP contribution in [0.2, 0.25) is 10.3 Å². The fourth-order valence-electron chi connectivity index (χ4n) is 3.74. The van der Waals surface area contributed by atoms with Gasteiger partial charge < -0.3 is 30.3 Å². The molecule has 0 radical (unpaired) electrons. The number of amides is 1. The van der Waals surface area contributed by atoms with Crippen LogP contribution in [0.15, 0.2) is 41.0 Å². The number of piperidine rings is 1. The average Bonchev–Trinajstić information content (AvgIpc) is 2.74. The number of nitrogens with two attached hydrogens (primary N) is 1. The van der Waals surface area contributed by atoms with E-state index in [9.17, 15) is 4.79 Å². The first-order chi connectivity index (χ1) is 15.6. The second kappa shape index (κ2) is 10.5. The molecule has 0 aliphatic carbocycles. The Morgan fingerprint density at radius 1 is 1.33 bits per heavy atom. The minimum Gasteiger partial charge on any atom is -0.486 e. The van der Waals surface area contributed by atoms with E-state index < -0.39 is 5.60 Å². The number of likely N-dealkylation sites (tertiary alicyclic amines) is 1. The van der Waals surface area contributed by atoms with E-state index in [-0.39, 0.29) is 22.4 Å². The standard InChI is InChI=1S/C22H30Cl2N6O3/c1-14-18(20(26-13-25)27-16-5-6-17(23)28-19(16)24)32-12-11-30(14)15-7-9-29(10-8-15)21(31)33-22(2,3)4/h5-6,13,15,27H,1,7-12H2,2-4H3,(H2,25,26)/b20-18-. The Morgan fingerprint density at radius 3 is 2.64 bits per heavy atom. The van der Waals surface area contributed by atoms with Gasteiger partial charge in [0.25, 0.3) is 0 Å². The van der Waals surface area contributed by atoms with E-state index in [1.165, 1.54) is 6.34 Å². The maximum Gasteiger partial charge on any atom is 0.410 e. The lowest BCUT2D eigenvalue weighted by molar-refractivity contribution is 0.0126. The third-order valence-electron chi connectivity index (χ3n) is 5.23. The van der Waals surface area contributed by atoms with Crippen LogP contribution < -0.4 is 11.1 Å². The van der Waals surface area contributed by atoms with Crippen LogP contribution in [0.5, 0.6) is 0 Å². The Bertz CT molecular complexity index is 952. The Kier molecular flexibility index (Phi) is 7.97. The predicted octanol–water partition coefficient (Wildman–Crippen LogP) is 4.20. The van der Waals surface area contributed by atoms with E-state index in [4.69, 9.17) is 38.4 Å². The molecule has 0 unspecified atom stereocenters. The van der Waals surface area contributed by atoms with Gasteiger partial charge in [-0.25, -0.2) is 14.8 Å². The molecule has 1 amide bonds. The normalized spacial score (nSPS) is 19.5. The number of hydrogen-bond acceptors (Lipinski definition) is 7. The molecule has 9 nitrogen and oxygen atoms in total. The van der Waals surface area contributed by atoms with Crippen molar-refractivity contribution in [1.82, 2.24) is 14.8 Å². The van der Waals surface area contributed by atoms with Crippen molar-refractivity contribution in [3.8, 4) is 0 Å². The second-order valence-corrected chi connectivity index (χ2v) is 9.49. The van der Waals surface area contributed by atoms with Crippen LogP contribution in [0.1, 0.15) is 33.6 Å². The van der Waals surface area contributed by atoms with Crippen LogP contribution in [0.3, 0.4) is 0 Å². The molecule has 2 aliphatic heterocycles. The van der Waals surface area contributed by atoms with Gasteiger partial charge in [-0.15, -0.1) is 0 Å². The molecule has 11 heteroatoms. The molecule has 180 valence electrons. The lowest BCUT2D eigenvalue weighted by Gasteiger charge is -2.43. The zero-order valence-electron chi connectivity index (χ0n) is 19.1. The van der Waals surface area contributed by atoms with Crippen LogP contribution in [0.4, 0.5) is 10.5 Å². The van der Waals surface area contributed by atoms with E-state index in [1.807, 2.05) is 20.8 Å². The highest BCUT2D eigenvalue weighted by atomic mass is 35.5. The number of halogens is 2. The Labute approximate surface area is 204 Å². The van der Waals surface area contributed by atoms with Gasteiger partial charge in [0.05, 0.1) is 24.3 Å². The van der Waals surface area contributed by atoms with Crippen LogP contribution in [0, 0.1) is 0 Å². The van der Waals surface area contributed by atoms with Crippen molar-refractivity contribution in [2.75, 3.05) is 31.6 Å². The zero-order chi connectivity index (χ0) is 24.2. The van der Waals surface area contributed by atoms with Crippen molar-refractivity contribution in [3.05, 3.63) is 46.3 Å². The Morgan fingerprint density at radius 2 is 2.03 bits per heavy atom. The molecule has 1 aromatic heterocycles. The van der Waals surface area contributed by atoms with Crippen LogP contribution in [-0.4, -0.2) is 65.1 Å². The molecule has 0 saturated carbocycles. The van der Waals surface area contributed by atoms with E-state index in [1.54, 1.807) is 17.0 Å². The molecule has 2 saturated heterocycles. The SMILES string of the molecule is C=C1/C(=C(\N=C/N)Nc2ccc(Cl)nc2Cl)OCCN1C1CCN(C(=O)OC(C)(C)C)CC1. The maximum atomic E-state index is 12.4. The molecule has 2 fully saturated rings. The number of carbonyl (C=O) groups is 1. The summed E-state index contributed by atoms with van der Waals surface area (Å²) in [5.74, 6) is 0.841. The largest absolute Gasteiger partial charge is 0.486 e. The third kappa shape index (κ3) is 6.45. The highest BCUT2D eigenvalue weighted by molar-refractivity contribution is 6.34. The van der Waals surface area contributed by atoms with Crippen LogP contribution in [-0.2, 0) is 9.47 Å². The lowest BCUT2D eigenvalue weighted by atomic mass is 10.0. The number of anilines is 1. The van der Waals surface area contributed by atoms with Crippen molar-refractivity contribution in [2.45, 2.75) is 45.3 Å². The fourth-order valence-corrected chi connectivity index (χ4v) is 4.14. The van der Waals surface area contributed by atoms with Gasteiger partial charge in [0, 0.05) is 19.1 Å². The van der Waals surface area contributed by atoms with Gasteiger partial charge in [0.15, 0.2) is 16.7 Å². The number of aliphatic imine (C=N–C) groups is 1. The van der Waals surface area contributed by atoms with Crippen molar-refractivity contribution in [3.63, 3.8) is 0 Å². The summed E-state index contributed by atoms with van der Waals surface area (Å²) in [5.41, 5.74) is 6.26. The summed E-state index contributed by atoms with van der Waals surface area (Å²) >= 11 is 12.1. The van der Waals surface area contributed by atoms with Crippen molar-refractivity contribution < 1.29 is 14.3 Å². The summed E-state index contributed by atoms with van der Waals surface area (Å²) in [7, 11) is 0. The Hall–Kier alpha value is -2.65. The first-order valence-electron chi connectivity index (χ1n) is 10.7. The third-order valence-corrected chi connectivity index (χ3v) is 5.73. The first kappa shape index (κ1) is 25.0. The summed E-state index contributed by atoms with van der Waals surface area (Å²) in [6, 6.07) is 3.52. The minimum absolute atomic E-state index is 0.195. The molecule has 0 aromatic carbocycles. The van der Waals surface area contributed by atoms with Gasteiger partial charge in [0.2, 0.25) is 0 Å². The zero-order valence-corrected chi connectivity index (χ0v) is 20.6. The molecule has 33 heavy (non-hydrogen) atoms. The molecule has 3 heterocycles. The van der Waals surface area contributed by atoms with Crippen LogP contribution >= 0.6 is 23.2 Å². The predicted molar refractivity (Wildman–Crippen MR) is 130 cm³/mol. The number of rotatable bonds is 4. The maximum absolute atomic E-state index is 12.4. The molecule has 0 spiro atoms. The van der Waals surface area contributed by atoms with Gasteiger partial charge in [-0.2, -0.15) is 0 Å². The fraction of sp³-hybridized carbons (Fsp3) is 0.500. The first-order valence-corrected chi connectivity index (χ1v) is 11.5. The highest BCUT2D eigenvalue weighted by Crippen LogP contribution is 2.31. The number of aromatic nitrogens is 1. The lowest BCUT2D eigenvalue weighted by Crippen LogP contribution is -2.49. The summed E-state index contributed by atoms with van der Waals surface area (Å²) < 4.78 is 11.4. The number of nitrogens with one attached hydrogen (secondary N) is 1. The quantitative estimate of drug-likeness (QED) is 0.365.